The maximum atomic E-state index is 11.6. The van der Waals surface area contributed by atoms with Crippen LogP contribution in [0.25, 0.3) is 0 Å². The molecule has 3 aromatic carbocycles. The van der Waals surface area contributed by atoms with E-state index in [2.05, 4.69) is 0 Å². The molecule has 1 aliphatic carbocycles. The van der Waals surface area contributed by atoms with Gasteiger partial charge in [0.1, 0.15) is 29.6 Å². The molecular weight excluding hydrogens is 324 g/mol. The Bertz CT molecular complexity index is 916. The van der Waals surface area contributed by atoms with E-state index < -0.39 is 0 Å². The molecule has 0 heterocycles. The minimum absolute atomic E-state index is 0.314. The van der Waals surface area contributed by atoms with E-state index in [-0.39, 0.29) is 0 Å². The molecule has 0 saturated carbocycles. The molecule has 0 bridgehead atoms. The number of hydrogen-bond acceptors (Lipinski definition) is 3. The molecule has 0 spiro atoms. The number of benzene rings is 3. The SMILES string of the molecule is O=C1CCc2cc(Oc3cccc(OCc4ccccc4)c3)ccc2C1. The molecule has 0 radical (unpaired) electrons. The van der Waals surface area contributed by atoms with E-state index in [4.69, 9.17) is 9.47 Å². The first-order chi connectivity index (χ1) is 12.8. The van der Waals surface area contributed by atoms with Gasteiger partial charge in [-0.1, -0.05) is 42.5 Å². The highest BCUT2D eigenvalue weighted by atomic mass is 16.5. The minimum atomic E-state index is 0.314. The van der Waals surface area contributed by atoms with Crippen molar-refractivity contribution >= 4 is 5.78 Å². The van der Waals surface area contributed by atoms with Crippen molar-refractivity contribution in [2.45, 2.75) is 25.9 Å². The summed E-state index contributed by atoms with van der Waals surface area (Å²) in [6, 6.07) is 23.7. The van der Waals surface area contributed by atoms with Gasteiger partial charge in [-0.3, -0.25) is 4.79 Å². The molecule has 0 amide bonds. The molecule has 0 aromatic heterocycles. The molecule has 3 heteroatoms. The van der Waals surface area contributed by atoms with Crippen molar-refractivity contribution in [3.63, 3.8) is 0 Å². The van der Waals surface area contributed by atoms with Gasteiger partial charge in [0.25, 0.3) is 0 Å². The summed E-state index contributed by atoms with van der Waals surface area (Å²) in [5.41, 5.74) is 3.45. The highest BCUT2D eigenvalue weighted by Crippen LogP contribution is 2.29. The summed E-state index contributed by atoms with van der Waals surface area (Å²) >= 11 is 0. The van der Waals surface area contributed by atoms with Crippen molar-refractivity contribution in [2.24, 2.45) is 0 Å². The first-order valence-electron chi connectivity index (χ1n) is 8.84. The minimum Gasteiger partial charge on any atom is -0.489 e. The number of Topliss-reactive ketones (excluding diaryl/α,β-unsaturated/α-hetero) is 1. The van der Waals surface area contributed by atoms with Gasteiger partial charge in [0.2, 0.25) is 0 Å². The van der Waals surface area contributed by atoms with E-state index in [1.165, 1.54) is 5.56 Å². The zero-order valence-electron chi connectivity index (χ0n) is 14.5. The molecule has 0 N–H and O–H groups in total. The Labute approximate surface area is 153 Å². The molecule has 3 aromatic rings. The van der Waals surface area contributed by atoms with Gasteiger partial charge in [0.15, 0.2) is 0 Å². The summed E-state index contributed by atoms with van der Waals surface area (Å²) in [5.74, 6) is 2.62. The summed E-state index contributed by atoms with van der Waals surface area (Å²) in [6.07, 6.45) is 1.96. The van der Waals surface area contributed by atoms with Crippen molar-refractivity contribution in [1.82, 2.24) is 0 Å². The van der Waals surface area contributed by atoms with Gasteiger partial charge in [-0.15, -0.1) is 0 Å². The molecule has 1 aliphatic rings. The second kappa shape index (κ2) is 7.44. The second-order valence-electron chi connectivity index (χ2n) is 6.50. The van der Waals surface area contributed by atoms with Gasteiger partial charge in [-0.25, -0.2) is 0 Å². The quantitative estimate of drug-likeness (QED) is 0.645. The highest BCUT2D eigenvalue weighted by molar-refractivity contribution is 5.83. The Morgan fingerprint density at radius 2 is 1.54 bits per heavy atom. The number of carbonyl (C=O) groups excluding carboxylic acids is 1. The van der Waals surface area contributed by atoms with Crippen LogP contribution in [0.4, 0.5) is 0 Å². The average molecular weight is 344 g/mol. The van der Waals surface area contributed by atoms with E-state index in [0.29, 0.717) is 25.2 Å². The van der Waals surface area contributed by atoms with Crippen molar-refractivity contribution < 1.29 is 14.3 Å². The third-order valence-electron chi connectivity index (χ3n) is 4.53. The molecule has 0 unspecified atom stereocenters. The summed E-state index contributed by atoms with van der Waals surface area (Å²) in [5, 5.41) is 0. The van der Waals surface area contributed by atoms with E-state index in [1.54, 1.807) is 0 Å². The lowest BCUT2D eigenvalue weighted by molar-refractivity contribution is -0.118. The smallest absolute Gasteiger partial charge is 0.137 e. The fourth-order valence-electron chi connectivity index (χ4n) is 3.15. The molecule has 130 valence electrons. The Morgan fingerprint density at radius 1 is 0.731 bits per heavy atom. The normalized spacial score (nSPS) is 13.2. The number of rotatable bonds is 5. The standard InChI is InChI=1S/C23H20O3/c24-20-11-9-19-14-23(12-10-18(19)13-20)26-22-8-4-7-21(15-22)25-16-17-5-2-1-3-6-17/h1-8,10,12,14-15H,9,11,13,16H2. The molecule has 0 fully saturated rings. The van der Waals surface area contributed by atoms with Crippen molar-refractivity contribution in [3.05, 3.63) is 89.5 Å². The Balaban J connectivity index is 1.44. The van der Waals surface area contributed by atoms with Gasteiger partial charge >= 0.3 is 0 Å². The van der Waals surface area contributed by atoms with Crippen LogP contribution < -0.4 is 9.47 Å². The largest absolute Gasteiger partial charge is 0.489 e. The van der Waals surface area contributed by atoms with Crippen LogP contribution in [0.5, 0.6) is 17.2 Å². The van der Waals surface area contributed by atoms with Crippen LogP contribution in [-0.4, -0.2) is 5.78 Å². The van der Waals surface area contributed by atoms with Gasteiger partial charge in [-0.2, -0.15) is 0 Å². The van der Waals surface area contributed by atoms with Gasteiger partial charge in [0, 0.05) is 18.9 Å². The fraction of sp³-hybridized carbons (Fsp3) is 0.174. The number of aryl methyl sites for hydroxylation is 1. The average Bonchev–Trinajstić information content (AvgIpc) is 2.68. The highest BCUT2D eigenvalue weighted by Gasteiger charge is 2.16. The van der Waals surface area contributed by atoms with Crippen LogP contribution in [0, 0.1) is 0 Å². The number of carbonyl (C=O) groups is 1. The summed E-state index contributed by atoms with van der Waals surface area (Å²) in [6.45, 7) is 0.525. The Morgan fingerprint density at radius 3 is 2.42 bits per heavy atom. The van der Waals surface area contributed by atoms with E-state index in [1.807, 2.05) is 72.8 Å². The lowest BCUT2D eigenvalue weighted by Crippen LogP contribution is -2.12. The van der Waals surface area contributed by atoms with E-state index >= 15 is 0 Å². The summed E-state index contributed by atoms with van der Waals surface area (Å²) in [4.78, 5) is 11.6. The Kier molecular flexibility index (Phi) is 4.69. The monoisotopic (exact) mass is 344 g/mol. The van der Waals surface area contributed by atoms with E-state index in [9.17, 15) is 4.79 Å². The molecule has 0 atom stereocenters. The maximum absolute atomic E-state index is 11.6. The number of hydrogen-bond donors (Lipinski definition) is 0. The predicted molar refractivity (Wildman–Crippen MR) is 101 cm³/mol. The van der Waals surface area contributed by atoms with Crippen LogP contribution in [0.3, 0.4) is 0 Å². The van der Waals surface area contributed by atoms with Crippen LogP contribution in [0.2, 0.25) is 0 Å². The van der Waals surface area contributed by atoms with Gasteiger partial charge in [0.05, 0.1) is 0 Å². The van der Waals surface area contributed by atoms with Crippen LogP contribution >= 0.6 is 0 Å². The Hall–Kier alpha value is -3.07. The van der Waals surface area contributed by atoms with Crippen molar-refractivity contribution in [3.8, 4) is 17.2 Å². The van der Waals surface area contributed by atoms with Crippen LogP contribution in [-0.2, 0) is 24.2 Å². The lowest BCUT2D eigenvalue weighted by atomic mass is 9.91. The van der Waals surface area contributed by atoms with E-state index in [0.717, 1.165) is 34.8 Å². The van der Waals surface area contributed by atoms with Crippen molar-refractivity contribution in [2.75, 3.05) is 0 Å². The molecule has 3 nitrogen and oxygen atoms in total. The molecular formula is C23H20O3. The lowest BCUT2D eigenvalue weighted by Gasteiger charge is -2.16. The first-order valence-corrected chi connectivity index (χ1v) is 8.84. The molecule has 0 aliphatic heterocycles. The molecule has 4 rings (SSSR count). The number of fused-ring (bicyclic) bond motifs is 1. The zero-order valence-corrected chi connectivity index (χ0v) is 14.5. The molecule has 26 heavy (non-hydrogen) atoms. The summed E-state index contributed by atoms with van der Waals surface area (Å²) < 4.78 is 11.9. The maximum Gasteiger partial charge on any atom is 0.137 e. The fourth-order valence-corrected chi connectivity index (χ4v) is 3.15. The third-order valence-corrected chi connectivity index (χ3v) is 4.53. The van der Waals surface area contributed by atoms with Crippen molar-refractivity contribution in [1.29, 1.82) is 0 Å². The van der Waals surface area contributed by atoms with Gasteiger partial charge < -0.3 is 9.47 Å². The topological polar surface area (TPSA) is 35.5 Å². The first kappa shape index (κ1) is 16.4. The number of ketones is 1. The van der Waals surface area contributed by atoms with Gasteiger partial charge in [-0.05, 0) is 47.4 Å². The zero-order chi connectivity index (χ0) is 17.8. The van der Waals surface area contributed by atoms with Crippen LogP contribution in [0.15, 0.2) is 72.8 Å². The molecule has 0 saturated heterocycles. The predicted octanol–water partition coefficient (Wildman–Crippen LogP) is 5.12. The summed E-state index contributed by atoms with van der Waals surface area (Å²) in [7, 11) is 0. The number of ether oxygens (including phenoxy) is 2. The second-order valence-corrected chi connectivity index (χ2v) is 6.50. The third kappa shape index (κ3) is 3.94. The van der Waals surface area contributed by atoms with Crippen LogP contribution in [0.1, 0.15) is 23.1 Å².